The van der Waals surface area contributed by atoms with Crippen molar-refractivity contribution < 1.29 is 28.5 Å². The highest BCUT2D eigenvalue weighted by Crippen LogP contribution is 2.38. The molecule has 1 saturated heterocycles. The SMILES string of the molecule is COC(=O)C1OC(C2=CC=CC(OC)CC2)N(C(=O)OC(C)(C)C)C1C1=CC=CCC1. The van der Waals surface area contributed by atoms with Crippen LogP contribution < -0.4 is 0 Å². The van der Waals surface area contributed by atoms with E-state index >= 15 is 0 Å². The molecule has 3 aliphatic rings. The van der Waals surface area contributed by atoms with Crippen molar-refractivity contribution >= 4 is 12.1 Å². The van der Waals surface area contributed by atoms with Crippen LogP contribution in [0.4, 0.5) is 4.79 Å². The van der Waals surface area contributed by atoms with Crippen LogP contribution in [-0.2, 0) is 23.7 Å². The summed E-state index contributed by atoms with van der Waals surface area (Å²) in [5, 5.41) is 0. The minimum absolute atomic E-state index is 0.0106. The van der Waals surface area contributed by atoms with Crippen LogP contribution in [0.25, 0.3) is 0 Å². The first-order valence-electron chi connectivity index (χ1n) is 10.8. The number of allylic oxidation sites excluding steroid dienone is 5. The van der Waals surface area contributed by atoms with Crippen molar-refractivity contribution in [2.75, 3.05) is 14.2 Å². The van der Waals surface area contributed by atoms with Gasteiger partial charge in [-0.15, -0.1) is 0 Å². The maximum Gasteiger partial charge on any atom is 0.413 e. The largest absolute Gasteiger partial charge is 0.467 e. The van der Waals surface area contributed by atoms with E-state index in [1.165, 1.54) is 7.11 Å². The molecular weight excluding hydrogens is 398 g/mol. The van der Waals surface area contributed by atoms with Gasteiger partial charge in [0, 0.05) is 7.11 Å². The van der Waals surface area contributed by atoms with Gasteiger partial charge in [-0.2, -0.15) is 0 Å². The number of carbonyl (C=O) groups is 2. The fraction of sp³-hybridized carbons (Fsp3) is 0.583. The van der Waals surface area contributed by atoms with Crippen molar-refractivity contribution in [2.45, 2.75) is 76.5 Å². The monoisotopic (exact) mass is 431 g/mol. The number of esters is 1. The van der Waals surface area contributed by atoms with E-state index in [4.69, 9.17) is 18.9 Å². The zero-order chi connectivity index (χ0) is 22.6. The van der Waals surface area contributed by atoms with Crippen molar-refractivity contribution in [3.05, 3.63) is 47.6 Å². The fourth-order valence-electron chi connectivity index (χ4n) is 4.10. The third kappa shape index (κ3) is 5.46. The van der Waals surface area contributed by atoms with Crippen LogP contribution in [0.5, 0.6) is 0 Å². The summed E-state index contributed by atoms with van der Waals surface area (Å²) in [4.78, 5) is 27.7. The third-order valence-corrected chi connectivity index (χ3v) is 5.55. The topological polar surface area (TPSA) is 74.3 Å². The zero-order valence-corrected chi connectivity index (χ0v) is 19.0. The lowest BCUT2D eigenvalue weighted by atomic mass is 9.93. The Morgan fingerprint density at radius 2 is 1.84 bits per heavy atom. The molecule has 4 unspecified atom stereocenters. The fourth-order valence-corrected chi connectivity index (χ4v) is 4.10. The van der Waals surface area contributed by atoms with Crippen molar-refractivity contribution in [1.29, 1.82) is 0 Å². The highest BCUT2D eigenvalue weighted by molar-refractivity contribution is 5.80. The predicted molar refractivity (Wildman–Crippen MR) is 116 cm³/mol. The molecule has 1 heterocycles. The van der Waals surface area contributed by atoms with E-state index in [9.17, 15) is 9.59 Å². The summed E-state index contributed by atoms with van der Waals surface area (Å²) < 4.78 is 22.5. The van der Waals surface area contributed by atoms with Crippen LogP contribution in [0.15, 0.2) is 47.6 Å². The Morgan fingerprint density at radius 1 is 1.10 bits per heavy atom. The van der Waals surface area contributed by atoms with Gasteiger partial charge in [0.1, 0.15) is 5.60 Å². The van der Waals surface area contributed by atoms with Gasteiger partial charge in [-0.1, -0.05) is 36.5 Å². The highest BCUT2D eigenvalue weighted by Gasteiger charge is 2.52. The predicted octanol–water partition coefficient (Wildman–Crippen LogP) is 4.06. The van der Waals surface area contributed by atoms with Gasteiger partial charge in [-0.25, -0.2) is 9.59 Å². The van der Waals surface area contributed by atoms with Crippen LogP contribution in [-0.4, -0.2) is 61.3 Å². The molecule has 0 N–H and O–H groups in total. The lowest BCUT2D eigenvalue weighted by Gasteiger charge is -2.33. The highest BCUT2D eigenvalue weighted by atomic mass is 16.6. The average molecular weight is 432 g/mol. The number of methoxy groups -OCH3 is 2. The van der Waals surface area contributed by atoms with Gasteiger partial charge >= 0.3 is 12.1 Å². The van der Waals surface area contributed by atoms with Gasteiger partial charge in [0.15, 0.2) is 12.3 Å². The maximum atomic E-state index is 13.4. The molecule has 0 radical (unpaired) electrons. The second kappa shape index (κ2) is 9.83. The Balaban J connectivity index is 2.01. The minimum Gasteiger partial charge on any atom is -0.467 e. The summed E-state index contributed by atoms with van der Waals surface area (Å²) in [5.74, 6) is -0.504. The minimum atomic E-state index is -0.924. The van der Waals surface area contributed by atoms with E-state index in [1.807, 2.05) is 51.2 Å². The van der Waals surface area contributed by atoms with Crippen molar-refractivity contribution in [3.8, 4) is 0 Å². The lowest BCUT2D eigenvalue weighted by molar-refractivity contribution is -0.152. The van der Waals surface area contributed by atoms with Gasteiger partial charge in [0.25, 0.3) is 0 Å². The molecule has 0 bridgehead atoms. The van der Waals surface area contributed by atoms with E-state index in [2.05, 4.69) is 6.08 Å². The van der Waals surface area contributed by atoms with Crippen molar-refractivity contribution in [2.24, 2.45) is 0 Å². The Labute approximate surface area is 184 Å². The Hall–Kier alpha value is -2.38. The van der Waals surface area contributed by atoms with Crippen LogP contribution in [0.3, 0.4) is 0 Å². The summed E-state index contributed by atoms with van der Waals surface area (Å²) >= 11 is 0. The smallest absolute Gasteiger partial charge is 0.413 e. The molecule has 4 atom stereocenters. The normalized spacial score (nSPS) is 28.6. The molecule has 0 saturated carbocycles. The van der Waals surface area contributed by atoms with E-state index in [-0.39, 0.29) is 6.10 Å². The van der Waals surface area contributed by atoms with Gasteiger partial charge in [0.05, 0.1) is 19.3 Å². The number of rotatable bonds is 4. The molecule has 1 aliphatic heterocycles. The van der Waals surface area contributed by atoms with Gasteiger partial charge in [-0.3, -0.25) is 4.90 Å². The number of carbonyl (C=O) groups excluding carboxylic acids is 2. The van der Waals surface area contributed by atoms with Gasteiger partial charge < -0.3 is 18.9 Å². The second-order valence-corrected chi connectivity index (χ2v) is 8.91. The van der Waals surface area contributed by atoms with Crippen LogP contribution in [0, 0.1) is 0 Å². The molecular formula is C24H33NO6. The average Bonchev–Trinajstić information content (AvgIpc) is 2.98. The molecule has 7 heteroatoms. The molecule has 0 aromatic carbocycles. The maximum absolute atomic E-state index is 13.4. The van der Waals surface area contributed by atoms with Crippen LogP contribution >= 0.6 is 0 Å². The van der Waals surface area contributed by atoms with Crippen LogP contribution in [0.1, 0.15) is 46.5 Å². The lowest BCUT2D eigenvalue weighted by Crippen LogP contribution is -2.48. The molecule has 0 spiro atoms. The molecule has 31 heavy (non-hydrogen) atoms. The molecule has 170 valence electrons. The van der Waals surface area contributed by atoms with E-state index < -0.39 is 36.0 Å². The summed E-state index contributed by atoms with van der Waals surface area (Å²) in [6.45, 7) is 5.47. The Kier molecular flexibility index (Phi) is 7.38. The summed E-state index contributed by atoms with van der Waals surface area (Å²) in [6.07, 6.45) is 12.6. The van der Waals surface area contributed by atoms with Gasteiger partial charge in [-0.05, 0) is 57.6 Å². The quantitative estimate of drug-likeness (QED) is 0.625. The molecule has 1 amide bonds. The molecule has 0 aromatic heterocycles. The van der Waals surface area contributed by atoms with E-state index in [1.54, 1.807) is 12.0 Å². The first-order valence-corrected chi connectivity index (χ1v) is 10.8. The van der Waals surface area contributed by atoms with Crippen LogP contribution in [0.2, 0.25) is 0 Å². The molecule has 7 nitrogen and oxygen atoms in total. The first-order chi connectivity index (χ1) is 14.7. The summed E-state index contributed by atoms with van der Waals surface area (Å²) in [6, 6.07) is -0.594. The zero-order valence-electron chi connectivity index (χ0n) is 19.0. The number of hydrogen-bond donors (Lipinski definition) is 0. The molecule has 1 fully saturated rings. The molecule has 2 aliphatic carbocycles. The van der Waals surface area contributed by atoms with Crippen molar-refractivity contribution in [3.63, 3.8) is 0 Å². The van der Waals surface area contributed by atoms with E-state index in [0.29, 0.717) is 6.42 Å². The third-order valence-electron chi connectivity index (χ3n) is 5.55. The second-order valence-electron chi connectivity index (χ2n) is 8.91. The summed E-state index contributed by atoms with van der Waals surface area (Å²) in [7, 11) is 3.01. The molecule has 0 aromatic rings. The molecule has 3 rings (SSSR count). The Bertz CT molecular complexity index is 803. The Morgan fingerprint density at radius 3 is 2.45 bits per heavy atom. The number of ether oxygens (including phenoxy) is 4. The number of nitrogens with zero attached hydrogens (tertiary/aromatic N) is 1. The van der Waals surface area contributed by atoms with E-state index in [0.717, 1.165) is 30.4 Å². The van der Waals surface area contributed by atoms with Gasteiger partial charge in [0.2, 0.25) is 0 Å². The summed E-state index contributed by atoms with van der Waals surface area (Å²) in [5.41, 5.74) is 1.16. The number of amides is 1. The standard InChI is InChI=1S/C24H33NO6/c1-24(2,3)31-23(27)25-19(16-10-7-6-8-11-16)20(22(26)29-5)30-21(25)17-12-9-13-18(28-4)15-14-17/h6-7,9-10,12-13,18-21H,8,11,14-15H2,1-5H3. The first kappa shape index (κ1) is 23.3. The van der Waals surface area contributed by atoms with Crippen molar-refractivity contribution in [1.82, 2.24) is 4.90 Å². The number of hydrogen-bond acceptors (Lipinski definition) is 6.